The van der Waals surface area contributed by atoms with Crippen molar-refractivity contribution < 1.29 is 13.2 Å². The van der Waals surface area contributed by atoms with Gasteiger partial charge in [0.15, 0.2) is 0 Å². The van der Waals surface area contributed by atoms with E-state index in [0.717, 1.165) is 19.3 Å². The van der Waals surface area contributed by atoms with E-state index in [4.69, 9.17) is 0 Å². The summed E-state index contributed by atoms with van der Waals surface area (Å²) in [5.41, 5.74) is 2.36. The monoisotopic (exact) mass is 371 g/mol. The average molecular weight is 371 g/mol. The third kappa shape index (κ3) is 2.82. The summed E-state index contributed by atoms with van der Waals surface area (Å²) < 4.78 is 42.9. The Bertz CT molecular complexity index is 959. The van der Waals surface area contributed by atoms with E-state index in [9.17, 15) is 18.4 Å². The largest absolute Gasteiger partial charge is 0.358 e. The first-order chi connectivity index (χ1) is 13.2. The molecule has 0 radical (unpaired) electrons. The van der Waals surface area contributed by atoms with Crippen LogP contribution in [0.5, 0.6) is 0 Å². The molecular weight excluding hydrogens is 351 g/mol. The molecule has 0 N–H and O–H groups in total. The molecule has 1 aliphatic carbocycles. The lowest BCUT2D eigenvalue weighted by molar-refractivity contribution is 0.210. The highest BCUT2D eigenvalue weighted by Gasteiger charge is 2.32. The molecule has 2 heterocycles. The topological polar surface area (TPSA) is 32.0 Å². The Morgan fingerprint density at radius 2 is 2.00 bits per heavy atom. The number of benzene rings is 1. The van der Waals surface area contributed by atoms with Crippen molar-refractivity contribution in [2.75, 3.05) is 19.9 Å². The van der Waals surface area contributed by atoms with E-state index in [2.05, 4.69) is 6.07 Å². The summed E-state index contributed by atoms with van der Waals surface area (Å²) in [7, 11) is 0. The molecule has 1 saturated carbocycles. The Labute approximate surface area is 156 Å². The zero-order valence-electron chi connectivity index (χ0n) is 14.8. The van der Waals surface area contributed by atoms with Crippen molar-refractivity contribution in [1.29, 1.82) is 5.26 Å². The van der Waals surface area contributed by atoms with Gasteiger partial charge in [-0.1, -0.05) is 12.2 Å². The van der Waals surface area contributed by atoms with Gasteiger partial charge in [0, 0.05) is 18.0 Å². The molecule has 3 nitrogen and oxygen atoms in total. The summed E-state index contributed by atoms with van der Waals surface area (Å²) in [5.74, 6) is -0.364. The van der Waals surface area contributed by atoms with Crippen molar-refractivity contribution in [1.82, 2.24) is 9.47 Å². The smallest absolute Gasteiger partial charge is 0.125 e. The average Bonchev–Trinajstić information content (AvgIpc) is 2.95. The van der Waals surface area contributed by atoms with E-state index in [1.807, 2.05) is 16.7 Å². The third-order valence-electron chi connectivity index (χ3n) is 5.56. The molecule has 0 saturated heterocycles. The molecule has 0 amide bonds. The van der Waals surface area contributed by atoms with E-state index in [-0.39, 0.29) is 11.9 Å². The van der Waals surface area contributed by atoms with Crippen LogP contribution in [-0.2, 0) is 0 Å². The Balaban J connectivity index is 1.98. The fourth-order valence-electron chi connectivity index (χ4n) is 3.97. The molecule has 140 valence electrons. The standard InChI is InChI=1S/C21H20F3N3/c22-11-16(12-23)26-9-2-1-6-19(26)21-18(13-25)17-8-7-14(24)10-20(17)27(21)15-4-3-5-15/h1-2,6-8,10,15-16H,3-5,9,11-12H2. The molecule has 0 bridgehead atoms. The maximum atomic E-state index is 14.0. The van der Waals surface area contributed by atoms with Gasteiger partial charge in [0.05, 0.1) is 28.5 Å². The van der Waals surface area contributed by atoms with Gasteiger partial charge in [0.25, 0.3) is 0 Å². The number of alkyl halides is 2. The van der Waals surface area contributed by atoms with Crippen LogP contribution < -0.4 is 0 Å². The third-order valence-corrected chi connectivity index (χ3v) is 5.56. The lowest BCUT2D eigenvalue weighted by Crippen LogP contribution is -2.39. The molecule has 1 aromatic carbocycles. The van der Waals surface area contributed by atoms with Gasteiger partial charge in [-0.2, -0.15) is 5.26 Å². The number of nitrogens with zero attached hydrogens (tertiary/aromatic N) is 3. The minimum Gasteiger partial charge on any atom is -0.358 e. The first kappa shape index (κ1) is 17.7. The zero-order valence-corrected chi connectivity index (χ0v) is 14.8. The van der Waals surface area contributed by atoms with E-state index in [0.29, 0.717) is 34.4 Å². The summed E-state index contributed by atoms with van der Waals surface area (Å²) in [6, 6.07) is 5.92. The van der Waals surface area contributed by atoms with Gasteiger partial charge in [0.2, 0.25) is 0 Å². The highest BCUT2D eigenvalue weighted by molar-refractivity contribution is 5.93. The minimum absolute atomic E-state index is 0.161. The highest BCUT2D eigenvalue weighted by atomic mass is 19.1. The van der Waals surface area contributed by atoms with Crippen LogP contribution in [0.4, 0.5) is 13.2 Å². The normalized spacial score (nSPS) is 17.3. The Morgan fingerprint density at radius 3 is 2.63 bits per heavy atom. The van der Waals surface area contributed by atoms with Crippen molar-refractivity contribution in [2.45, 2.75) is 31.3 Å². The summed E-state index contributed by atoms with van der Waals surface area (Å²) in [4.78, 5) is 1.67. The molecule has 0 atom stereocenters. The maximum absolute atomic E-state index is 14.0. The molecule has 2 aromatic rings. The van der Waals surface area contributed by atoms with E-state index >= 15 is 0 Å². The van der Waals surface area contributed by atoms with Crippen LogP contribution in [0.1, 0.15) is 36.6 Å². The molecule has 1 fully saturated rings. The molecule has 1 aliphatic heterocycles. The van der Waals surface area contributed by atoms with E-state index in [1.165, 1.54) is 12.1 Å². The number of nitriles is 1. The lowest BCUT2D eigenvalue weighted by atomic mass is 9.92. The Kier molecular flexibility index (Phi) is 4.69. The van der Waals surface area contributed by atoms with Gasteiger partial charge < -0.3 is 9.47 Å². The summed E-state index contributed by atoms with van der Waals surface area (Å²) in [6.45, 7) is -1.26. The van der Waals surface area contributed by atoms with E-state index < -0.39 is 19.4 Å². The first-order valence-corrected chi connectivity index (χ1v) is 9.19. The number of fused-ring (bicyclic) bond motifs is 1. The van der Waals surface area contributed by atoms with Gasteiger partial charge >= 0.3 is 0 Å². The Morgan fingerprint density at radius 1 is 1.22 bits per heavy atom. The van der Waals surface area contributed by atoms with Crippen molar-refractivity contribution in [3.8, 4) is 6.07 Å². The quantitative estimate of drug-likeness (QED) is 0.749. The number of aromatic nitrogens is 1. The van der Waals surface area contributed by atoms with Gasteiger partial charge in [-0.3, -0.25) is 0 Å². The summed E-state index contributed by atoms with van der Waals surface area (Å²) in [6.07, 6.45) is 8.42. The predicted octanol–water partition coefficient (Wildman–Crippen LogP) is 4.90. The fourth-order valence-corrected chi connectivity index (χ4v) is 3.97. The molecular formula is C21H20F3N3. The molecule has 0 unspecified atom stereocenters. The number of allylic oxidation sites excluding steroid dienone is 2. The van der Waals surface area contributed by atoms with Crippen LogP contribution in [0.3, 0.4) is 0 Å². The maximum Gasteiger partial charge on any atom is 0.125 e. The van der Waals surface area contributed by atoms with Gasteiger partial charge in [-0.05, 0) is 43.5 Å². The molecule has 0 spiro atoms. The number of hydrogen-bond donors (Lipinski definition) is 0. The molecule has 6 heteroatoms. The summed E-state index contributed by atoms with van der Waals surface area (Å²) in [5, 5.41) is 10.5. The van der Waals surface area contributed by atoms with Crippen LogP contribution in [-0.4, -0.2) is 35.4 Å². The minimum atomic E-state index is -0.905. The second-order valence-electron chi connectivity index (χ2n) is 7.05. The second kappa shape index (κ2) is 7.15. The lowest BCUT2D eigenvalue weighted by Gasteiger charge is -2.36. The van der Waals surface area contributed by atoms with Crippen molar-refractivity contribution in [3.63, 3.8) is 0 Å². The zero-order chi connectivity index (χ0) is 19.0. The van der Waals surface area contributed by atoms with Crippen molar-refractivity contribution in [2.24, 2.45) is 0 Å². The van der Waals surface area contributed by atoms with Crippen molar-refractivity contribution in [3.05, 3.63) is 53.5 Å². The predicted molar refractivity (Wildman–Crippen MR) is 99.1 cm³/mol. The molecule has 1 aromatic heterocycles. The number of halogens is 3. The summed E-state index contributed by atoms with van der Waals surface area (Å²) >= 11 is 0. The van der Waals surface area contributed by atoms with Crippen LogP contribution >= 0.6 is 0 Å². The molecule has 27 heavy (non-hydrogen) atoms. The molecule has 4 rings (SSSR count). The fraction of sp³-hybridized carbons (Fsp3) is 0.381. The SMILES string of the molecule is N#Cc1c(C2=CC=CCN2C(CF)CF)n(C2CCC2)c2cc(F)ccc12. The first-order valence-electron chi connectivity index (χ1n) is 9.19. The number of rotatable bonds is 5. The van der Waals surface area contributed by atoms with E-state index in [1.54, 1.807) is 17.0 Å². The Hall–Kier alpha value is -2.68. The van der Waals surface area contributed by atoms with Crippen LogP contribution in [0, 0.1) is 17.1 Å². The van der Waals surface area contributed by atoms with Gasteiger partial charge in [-0.25, -0.2) is 13.2 Å². The van der Waals surface area contributed by atoms with Gasteiger partial charge in [-0.15, -0.1) is 0 Å². The van der Waals surface area contributed by atoms with Crippen LogP contribution in [0.2, 0.25) is 0 Å². The van der Waals surface area contributed by atoms with Crippen LogP contribution in [0.15, 0.2) is 36.4 Å². The van der Waals surface area contributed by atoms with Crippen molar-refractivity contribution >= 4 is 16.6 Å². The van der Waals surface area contributed by atoms with Crippen LogP contribution in [0.25, 0.3) is 16.6 Å². The second-order valence-corrected chi connectivity index (χ2v) is 7.05. The highest BCUT2D eigenvalue weighted by Crippen LogP contribution is 2.42. The molecule has 2 aliphatic rings. The van der Waals surface area contributed by atoms with Gasteiger partial charge in [0.1, 0.15) is 25.2 Å². The number of hydrogen-bond acceptors (Lipinski definition) is 2.